The largest absolute Gasteiger partial charge is 0.506 e. The predicted octanol–water partition coefficient (Wildman–Crippen LogP) is 2.54. The van der Waals surface area contributed by atoms with Crippen LogP contribution in [0.2, 0.25) is 0 Å². The Morgan fingerprint density at radius 2 is 1.80 bits per heavy atom. The maximum absolute atomic E-state index is 12.4. The molecule has 8 nitrogen and oxygen atoms in total. The van der Waals surface area contributed by atoms with Crippen LogP contribution in [-0.2, 0) is 16.1 Å². The van der Waals surface area contributed by atoms with Crippen molar-refractivity contribution in [2.45, 2.75) is 11.7 Å². The number of anilines is 1. The Balaban J connectivity index is 1.49. The van der Waals surface area contributed by atoms with Gasteiger partial charge >= 0.3 is 0 Å². The lowest BCUT2D eigenvalue weighted by Gasteiger charge is -2.26. The van der Waals surface area contributed by atoms with E-state index in [4.69, 9.17) is 4.74 Å². The highest BCUT2D eigenvalue weighted by Gasteiger charge is 2.19. The molecule has 9 heteroatoms. The number of nitrogens with zero attached hydrogens (tertiary/aromatic N) is 4. The van der Waals surface area contributed by atoms with Gasteiger partial charge in [-0.1, -0.05) is 42.1 Å². The molecule has 0 saturated carbocycles. The van der Waals surface area contributed by atoms with Gasteiger partial charge in [0.05, 0.1) is 31.2 Å². The van der Waals surface area contributed by atoms with Crippen LogP contribution in [-0.4, -0.2) is 62.7 Å². The smallest absolute Gasteiger partial charge is 0.234 e. The Hall–Kier alpha value is -2.88. The number of phenolic OH excluding ortho intramolecular Hbond substituents is 1. The van der Waals surface area contributed by atoms with Gasteiger partial charge in [0.2, 0.25) is 5.91 Å². The Labute approximate surface area is 178 Å². The monoisotopic (exact) mass is 425 g/mol. The summed E-state index contributed by atoms with van der Waals surface area (Å²) in [6.45, 7) is 3.80. The molecule has 1 amide bonds. The van der Waals surface area contributed by atoms with E-state index in [0.29, 0.717) is 30.6 Å². The SMILES string of the molecule is O=C(CSc1nnc(CN2CCOCC2)n1-c1ccccc1)Nc1ccccc1O. The van der Waals surface area contributed by atoms with Crippen LogP contribution >= 0.6 is 11.8 Å². The summed E-state index contributed by atoms with van der Waals surface area (Å²) in [7, 11) is 0. The van der Waals surface area contributed by atoms with Crippen molar-refractivity contribution >= 4 is 23.4 Å². The summed E-state index contributed by atoms with van der Waals surface area (Å²) in [5.41, 5.74) is 1.34. The van der Waals surface area contributed by atoms with E-state index >= 15 is 0 Å². The second-order valence-corrected chi connectivity index (χ2v) is 7.75. The van der Waals surface area contributed by atoms with E-state index in [1.54, 1.807) is 18.2 Å². The number of nitrogens with one attached hydrogen (secondary N) is 1. The second-order valence-electron chi connectivity index (χ2n) is 6.81. The van der Waals surface area contributed by atoms with E-state index in [1.807, 2.05) is 34.9 Å². The van der Waals surface area contributed by atoms with Crippen molar-refractivity contribution in [2.24, 2.45) is 0 Å². The summed E-state index contributed by atoms with van der Waals surface area (Å²) < 4.78 is 7.42. The summed E-state index contributed by atoms with van der Waals surface area (Å²) in [5, 5.41) is 22.0. The molecule has 0 unspecified atom stereocenters. The Bertz CT molecular complexity index is 989. The number of carbonyl (C=O) groups is 1. The molecule has 0 bridgehead atoms. The van der Waals surface area contributed by atoms with Crippen molar-refractivity contribution < 1.29 is 14.6 Å². The summed E-state index contributed by atoms with van der Waals surface area (Å²) in [4.78, 5) is 14.7. The Morgan fingerprint density at radius 3 is 2.57 bits per heavy atom. The molecule has 1 saturated heterocycles. The predicted molar refractivity (Wildman–Crippen MR) is 115 cm³/mol. The number of aromatic hydroxyl groups is 1. The van der Waals surface area contributed by atoms with E-state index in [1.165, 1.54) is 17.8 Å². The van der Waals surface area contributed by atoms with Crippen molar-refractivity contribution in [3.63, 3.8) is 0 Å². The molecular weight excluding hydrogens is 402 g/mol. The fourth-order valence-corrected chi connectivity index (χ4v) is 3.96. The second kappa shape index (κ2) is 9.75. The minimum absolute atomic E-state index is 0.0381. The molecule has 0 atom stereocenters. The first-order valence-electron chi connectivity index (χ1n) is 9.71. The van der Waals surface area contributed by atoms with Gasteiger partial charge in [-0.2, -0.15) is 0 Å². The van der Waals surface area contributed by atoms with Crippen molar-refractivity contribution in [1.29, 1.82) is 0 Å². The highest BCUT2D eigenvalue weighted by molar-refractivity contribution is 7.99. The number of hydrogen-bond acceptors (Lipinski definition) is 7. The molecule has 1 aliphatic heterocycles. The van der Waals surface area contributed by atoms with Crippen LogP contribution in [0.15, 0.2) is 59.8 Å². The summed E-state index contributed by atoms with van der Waals surface area (Å²) in [6, 6.07) is 16.5. The highest BCUT2D eigenvalue weighted by atomic mass is 32.2. The zero-order valence-corrected chi connectivity index (χ0v) is 17.2. The fraction of sp³-hybridized carbons (Fsp3) is 0.286. The van der Waals surface area contributed by atoms with Gasteiger partial charge in [-0.3, -0.25) is 14.3 Å². The molecule has 30 heavy (non-hydrogen) atoms. The van der Waals surface area contributed by atoms with Crippen LogP contribution in [0.25, 0.3) is 5.69 Å². The number of ether oxygens (including phenoxy) is 1. The molecular formula is C21H23N5O3S. The number of rotatable bonds is 7. The minimum atomic E-state index is -0.223. The number of thioether (sulfide) groups is 1. The van der Waals surface area contributed by atoms with E-state index in [0.717, 1.165) is 24.6 Å². The molecule has 156 valence electrons. The average molecular weight is 426 g/mol. The van der Waals surface area contributed by atoms with Gasteiger partial charge in [0, 0.05) is 18.8 Å². The van der Waals surface area contributed by atoms with E-state index in [2.05, 4.69) is 20.4 Å². The molecule has 2 aromatic carbocycles. The van der Waals surface area contributed by atoms with Crippen LogP contribution in [0.1, 0.15) is 5.82 Å². The van der Waals surface area contributed by atoms with Gasteiger partial charge in [-0.05, 0) is 24.3 Å². The normalized spacial score (nSPS) is 14.5. The molecule has 0 spiro atoms. The number of amides is 1. The third-order valence-electron chi connectivity index (χ3n) is 4.69. The maximum Gasteiger partial charge on any atom is 0.234 e. The van der Waals surface area contributed by atoms with Gasteiger partial charge in [0.25, 0.3) is 0 Å². The number of carbonyl (C=O) groups excluding carboxylic acids is 1. The quantitative estimate of drug-likeness (QED) is 0.444. The van der Waals surface area contributed by atoms with Crippen LogP contribution in [0, 0.1) is 0 Å². The van der Waals surface area contributed by atoms with Crippen molar-refractivity contribution in [2.75, 3.05) is 37.4 Å². The van der Waals surface area contributed by atoms with Crippen LogP contribution in [0.5, 0.6) is 5.75 Å². The molecule has 4 rings (SSSR count). The van der Waals surface area contributed by atoms with Crippen LogP contribution in [0.3, 0.4) is 0 Å². The standard InChI is InChI=1S/C21H23N5O3S/c27-18-9-5-4-8-17(18)22-20(28)15-30-21-24-23-19(14-25-10-12-29-13-11-25)26(21)16-6-2-1-3-7-16/h1-9,27H,10-15H2,(H,22,28). The molecule has 2 N–H and O–H groups in total. The molecule has 1 fully saturated rings. The summed E-state index contributed by atoms with van der Waals surface area (Å²) >= 11 is 1.31. The molecule has 1 aliphatic rings. The third kappa shape index (κ3) is 4.99. The Morgan fingerprint density at radius 1 is 1.07 bits per heavy atom. The van der Waals surface area contributed by atoms with Gasteiger partial charge in [0.15, 0.2) is 11.0 Å². The summed E-state index contributed by atoms with van der Waals surface area (Å²) in [6.07, 6.45) is 0. The van der Waals surface area contributed by atoms with Crippen molar-refractivity contribution in [3.8, 4) is 11.4 Å². The first kappa shape index (κ1) is 20.4. The number of morpholine rings is 1. The number of hydrogen-bond donors (Lipinski definition) is 2. The van der Waals surface area contributed by atoms with Gasteiger partial charge in [-0.25, -0.2) is 0 Å². The van der Waals surface area contributed by atoms with E-state index in [9.17, 15) is 9.90 Å². The van der Waals surface area contributed by atoms with Gasteiger partial charge in [0.1, 0.15) is 5.75 Å². The third-order valence-corrected chi connectivity index (χ3v) is 5.62. The number of phenols is 1. The lowest BCUT2D eigenvalue weighted by molar-refractivity contribution is -0.113. The van der Waals surface area contributed by atoms with Gasteiger partial charge < -0.3 is 15.2 Å². The molecule has 1 aromatic heterocycles. The van der Waals surface area contributed by atoms with Crippen molar-refractivity contribution in [1.82, 2.24) is 19.7 Å². The molecule has 2 heterocycles. The topological polar surface area (TPSA) is 92.5 Å². The first-order valence-corrected chi connectivity index (χ1v) is 10.7. The fourth-order valence-electron chi connectivity index (χ4n) is 3.19. The van der Waals surface area contributed by atoms with Crippen LogP contribution < -0.4 is 5.32 Å². The first-order chi connectivity index (χ1) is 14.7. The lowest BCUT2D eigenvalue weighted by Crippen LogP contribution is -2.36. The maximum atomic E-state index is 12.4. The molecule has 3 aromatic rings. The molecule has 0 radical (unpaired) electrons. The number of benzene rings is 2. The van der Waals surface area contributed by atoms with E-state index in [-0.39, 0.29) is 17.4 Å². The number of aromatic nitrogens is 3. The van der Waals surface area contributed by atoms with Crippen molar-refractivity contribution in [3.05, 3.63) is 60.4 Å². The van der Waals surface area contributed by atoms with Crippen LogP contribution in [0.4, 0.5) is 5.69 Å². The lowest BCUT2D eigenvalue weighted by atomic mass is 10.3. The van der Waals surface area contributed by atoms with E-state index < -0.39 is 0 Å². The zero-order chi connectivity index (χ0) is 20.8. The number of para-hydroxylation sites is 3. The zero-order valence-electron chi connectivity index (χ0n) is 16.4. The Kier molecular flexibility index (Phi) is 6.63. The highest BCUT2D eigenvalue weighted by Crippen LogP contribution is 2.25. The molecule has 0 aliphatic carbocycles. The summed E-state index contributed by atoms with van der Waals surface area (Å²) in [5.74, 6) is 0.790. The minimum Gasteiger partial charge on any atom is -0.506 e. The average Bonchev–Trinajstić information content (AvgIpc) is 3.17. The van der Waals surface area contributed by atoms with Gasteiger partial charge in [-0.15, -0.1) is 10.2 Å².